The molecule has 2 aromatic rings. The molecule has 0 aromatic heterocycles. The van der Waals surface area contributed by atoms with Gasteiger partial charge in [0.15, 0.2) is 17.6 Å². The van der Waals surface area contributed by atoms with Gasteiger partial charge in [0.2, 0.25) is 0 Å². The van der Waals surface area contributed by atoms with Gasteiger partial charge < -0.3 is 19.5 Å². The van der Waals surface area contributed by atoms with Crippen LogP contribution in [0.1, 0.15) is 19.4 Å². The Labute approximate surface area is 141 Å². The number of hydrogen-bond donors (Lipinski definition) is 1. The molecule has 0 saturated heterocycles. The SMILES string of the molecule is CCc1cccc(OC(C)C(=O)Nc2ccc3c(c2)OCCO3)c1. The van der Waals surface area contributed by atoms with Crippen LogP contribution >= 0.6 is 0 Å². The zero-order chi connectivity index (χ0) is 16.9. The first kappa shape index (κ1) is 16.2. The van der Waals surface area contributed by atoms with Gasteiger partial charge in [-0.15, -0.1) is 0 Å². The Bertz CT molecular complexity index is 729. The van der Waals surface area contributed by atoms with Crippen molar-refractivity contribution in [3.8, 4) is 17.2 Å². The average Bonchev–Trinajstić information content (AvgIpc) is 2.61. The quantitative estimate of drug-likeness (QED) is 0.914. The molecule has 5 nitrogen and oxygen atoms in total. The molecule has 0 bridgehead atoms. The molecule has 1 unspecified atom stereocenters. The minimum atomic E-state index is -0.606. The second kappa shape index (κ2) is 7.25. The zero-order valence-corrected chi connectivity index (χ0v) is 13.9. The molecule has 24 heavy (non-hydrogen) atoms. The molecule has 126 valence electrons. The summed E-state index contributed by atoms with van der Waals surface area (Å²) in [5.74, 6) is 1.82. The third-order valence-electron chi connectivity index (χ3n) is 3.80. The van der Waals surface area contributed by atoms with Crippen molar-refractivity contribution in [2.75, 3.05) is 18.5 Å². The van der Waals surface area contributed by atoms with Gasteiger partial charge in [-0.1, -0.05) is 19.1 Å². The van der Waals surface area contributed by atoms with E-state index >= 15 is 0 Å². The summed E-state index contributed by atoms with van der Waals surface area (Å²) >= 11 is 0. The number of hydrogen-bond acceptors (Lipinski definition) is 4. The number of ether oxygens (including phenoxy) is 3. The van der Waals surface area contributed by atoms with Gasteiger partial charge in [0.05, 0.1) is 0 Å². The van der Waals surface area contributed by atoms with E-state index in [-0.39, 0.29) is 5.91 Å². The Morgan fingerprint density at radius 2 is 1.96 bits per heavy atom. The summed E-state index contributed by atoms with van der Waals surface area (Å²) in [7, 11) is 0. The van der Waals surface area contributed by atoms with Gasteiger partial charge in [-0.2, -0.15) is 0 Å². The molecule has 1 amide bonds. The van der Waals surface area contributed by atoms with Gasteiger partial charge in [-0.05, 0) is 43.2 Å². The second-order valence-corrected chi connectivity index (χ2v) is 5.61. The number of rotatable bonds is 5. The van der Waals surface area contributed by atoms with E-state index in [2.05, 4.69) is 12.2 Å². The van der Waals surface area contributed by atoms with Gasteiger partial charge in [-0.25, -0.2) is 0 Å². The van der Waals surface area contributed by atoms with Gasteiger partial charge >= 0.3 is 0 Å². The first-order valence-corrected chi connectivity index (χ1v) is 8.12. The monoisotopic (exact) mass is 327 g/mol. The lowest BCUT2D eigenvalue weighted by atomic mass is 10.2. The van der Waals surface area contributed by atoms with E-state index in [1.807, 2.05) is 24.3 Å². The molecule has 1 atom stereocenters. The van der Waals surface area contributed by atoms with Crippen LogP contribution in [0, 0.1) is 0 Å². The Kier molecular flexibility index (Phi) is 4.89. The third kappa shape index (κ3) is 3.79. The van der Waals surface area contributed by atoms with Crippen LogP contribution in [0.15, 0.2) is 42.5 Å². The number of benzene rings is 2. The molecule has 0 saturated carbocycles. The number of fused-ring (bicyclic) bond motifs is 1. The summed E-state index contributed by atoms with van der Waals surface area (Å²) in [6.45, 7) is 4.86. The molecule has 1 aliphatic heterocycles. The normalized spacial score (nSPS) is 13.9. The zero-order valence-electron chi connectivity index (χ0n) is 13.9. The van der Waals surface area contributed by atoms with E-state index < -0.39 is 6.10 Å². The fraction of sp³-hybridized carbons (Fsp3) is 0.316. The highest BCUT2D eigenvalue weighted by molar-refractivity contribution is 5.94. The Balaban J connectivity index is 1.63. The predicted octanol–water partition coefficient (Wildman–Crippen LogP) is 3.43. The molecule has 5 heteroatoms. The van der Waals surface area contributed by atoms with E-state index in [9.17, 15) is 4.79 Å². The van der Waals surface area contributed by atoms with Crippen molar-refractivity contribution in [3.05, 3.63) is 48.0 Å². The minimum absolute atomic E-state index is 0.214. The van der Waals surface area contributed by atoms with E-state index in [4.69, 9.17) is 14.2 Å². The summed E-state index contributed by atoms with van der Waals surface area (Å²) < 4.78 is 16.7. The van der Waals surface area contributed by atoms with Gasteiger partial charge in [0.25, 0.3) is 5.91 Å². The van der Waals surface area contributed by atoms with Crippen LogP contribution in [0.2, 0.25) is 0 Å². The van der Waals surface area contributed by atoms with Crippen molar-refractivity contribution in [1.82, 2.24) is 0 Å². The van der Waals surface area contributed by atoms with Crippen molar-refractivity contribution in [2.24, 2.45) is 0 Å². The fourth-order valence-corrected chi connectivity index (χ4v) is 2.46. The first-order valence-electron chi connectivity index (χ1n) is 8.12. The summed E-state index contributed by atoms with van der Waals surface area (Å²) in [4.78, 5) is 12.3. The van der Waals surface area contributed by atoms with Gasteiger partial charge in [0.1, 0.15) is 19.0 Å². The Morgan fingerprint density at radius 1 is 1.17 bits per heavy atom. The van der Waals surface area contributed by atoms with Crippen LogP contribution in [0.3, 0.4) is 0 Å². The molecule has 2 aromatic carbocycles. The number of amides is 1. The number of carbonyl (C=O) groups excluding carboxylic acids is 1. The van der Waals surface area contributed by atoms with Crippen LogP contribution in [-0.4, -0.2) is 25.2 Å². The van der Waals surface area contributed by atoms with Crippen molar-refractivity contribution in [3.63, 3.8) is 0 Å². The highest BCUT2D eigenvalue weighted by Gasteiger charge is 2.17. The summed E-state index contributed by atoms with van der Waals surface area (Å²) in [6, 6.07) is 13.1. The van der Waals surface area contributed by atoms with Crippen LogP contribution in [0.25, 0.3) is 0 Å². The summed E-state index contributed by atoms with van der Waals surface area (Å²) in [6.07, 6.45) is 0.319. The van der Waals surface area contributed by atoms with Crippen LogP contribution in [0.5, 0.6) is 17.2 Å². The molecule has 1 heterocycles. The number of aryl methyl sites for hydroxylation is 1. The van der Waals surface area contributed by atoms with Gasteiger partial charge in [0, 0.05) is 11.8 Å². The summed E-state index contributed by atoms with van der Waals surface area (Å²) in [5, 5.41) is 2.84. The lowest BCUT2D eigenvalue weighted by Gasteiger charge is -2.20. The van der Waals surface area contributed by atoms with E-state index in [1.54, 1.807) is 25.1 Å². The molecule has 1 aliphatic rings. The molecule has 0 fully saturated rings. The highest BCUT2D eigenvalue weighted by Crippen LogP contribution is 2.32. The molecule has 1 N–H and O–H groups in total. The maximum Gasteiger partial charge on any atom is 0.265 e. The maximum atomic E-state index is 12.3. The van der Waals surface area contributed by atoms with Crippen molar-refractivity contribution in [2.45, 2.75) is 26.4 Å². The minimum Gasteiger partial charge on any atom is -0.486 e. The topological polar surface area (TPSA) is 56.8 Å². The van der Waals surface area contributed by atoms with Crippen LogP contribution < -0.4 is 19.5 Å². The summed E-state index contributed by atoms with van der Waals surface area (Å²) in [5.41, 5.74) is 1.83. The average molecular weight is 327 g/mol. The maximum absolute atomic E-state index is 12.3. The van der Waals surface area contributed by atoms with Crippen molar-refractivity contribution < 1.29 is 19.0 Å². The molecular weight excluding hydrogens is 306 g/mol. The number of nitrogens with one attached hydrogen (secondary N) is 1. The Morgan fingerprint density at radius 3 is 2.75 bits per heavy atom. The molecule has 3 rings (SSSR count). The lowest BCUT2D eigenvalue weighted by molar-refractivity contribution is -0.122. The van der Waals surface area contributed by atoms with Crippen molar-refractivity contribution >= 4 is 11.6 Å². The largest absolute Gasteiger partial charge is 0.486 e. The predicted molar refractivity (Wildman–Crippen MR) is 92.0 cm³/mol. The van der Waals surface area contributed by atoms with E-state index in [1.165, 1.54) is 5.56 Å². The number of carbonyl (C=O) groups is 1. The van der Waals surface area contributed by atoms with Crippen LogP contribution in [0.4, 0.5) is 5.69 Å². The van der Waals surface area contributed by atoms with Gasteiger partial charge in [-0.3, -0.25) is 4.79 Å². The fourth-order valence-electron chi connectivity index (χ4n) is 2.46. The first-order chi connectivity index (χ1) is 11.7. The Hall–Kier alpha value is -2.69. The van der Waals surface area contributed by atoms with Crippen LogP contribution in [-0.2, 0) is 11.2 Å². The molecule has 0 radical (unpaired) electrons. The van der Waals surface area contributed by atoms with Crippen molar-refractivity contribution in [1.29, 1.82) is 0 Å². The molecule has 0 aliphatic carbocycles. The van der Waals surface area contributed by atoms with E-state index in [0.717, 1.165) is 6.42 Å². The van der Waals surface area contributed by atoms with E-state index in [0.29, 0.717) is 36.1 Å². The third-order valence-corrected chi connectivity index (χ3v) is 3.80. The highest BCUT2D eigenvalue weighted by atomic mass is 16.6. The smallest absolute Gasteiger partial charge is 0.265 e. The molecule has 0 spiro atoms. The second-order valence-electron chi connectivity index (χ2n) is 5.61. The lowest BCUT2D eigenvalue weighted by Crippen LogP contribution is -2.30. The number of anilines is 1. The standard InChI is InChI=1S/C19H21NO4/c1-3-14-5-4-6-16(11-14)24-13(2)19(21)20-15-7-8-17-18(12-15)23-10-9-22-17/h4-8,11-13H,3,9-10H2,1-2H3,(H,20,21). The molecular formula is C19H21NO4.